The first-order valence-electron chi connectivity index (χ1n) is 9.68. The lowest BCUT2D eigenvalue weighted by Gasteiger charge is -2.22. The third-order valence-electron chi connectivity index (χ3n) is 4.07. The maximum absolute atomic E-state index is 11.8. The van der Waals surface area contributed by atoms with Crippen LogP contribution < -0.4 is 26.8 Å². The number of nitrogens with one attached hydrogen (secondary N) is 5. The van der Waals surface area contributed by atoms with E-state index in [1.807, 2.05) is 0 Å². The minimum absolute atomic E-state index is 0.0156. The Hall–Kier alpha value is -2.07. The van der Waals surface area contributed by atoms with E-state index in [-0.39, 0.29) is 11.7 Å². The van der Waals surface area contributed by atoms with Gasteiger partial charge in [0.2, 0.25) is 0 Å². The van der Waals surface area contributed by atoms with Crippen LogP contribution in [0.3, 0.4) is 0 Å². The van der Waals surface area contributed by atoms with Crippen molar-refractivity contribution in [1.82, 2.24) is 26.8 Å². The lowest BCUT2D eigenvalue weighted by atomic mass is 10.1. The van der Waals surface area contributed by atoms with Crippen LogP contribution in [0, 0.1) is 0 Å². The zero-order valence-corrected chi connectivity index (χ0v) is 17.6. The van der Waals surface area contributed by atoms with Gasteiger partial charge in [0.25, 0.3) is 0 Å². The normalized spacial score (nSPS) is 15.9. The predicted molar refractivity (Wildman–Crippen MR) is 104 cm³/mol. The number of urea groups is 1. The molecule has 1 aliphatic rings. The molecule has 1 heterocycles. The number of ether oxygens (including phenoxy) is 2. The number of hydrogen-bond donors (Lipinski definition) is 5. The van der Waals surface area contributed by atoms with Crippen LogP contribution in [0.5, 0.6) is 0 Å². The molecular formula is C18H35N5O5. The maximum atomic E-state index is 11.8. The van der Waals surface area contributed by atoms with Gasteiger partial charge in [-0.05, 0) is 59.8 Å². The fourth-order valence-corrected chi connectivity index (χ4v) is 2.45. The number of carbonyl (C=O) groups is 3. The second-order valence-corrected chi connectivity index (χ2v) is 8.09. The number of methoxy groups -OCH3 is 1. The summed E-state index contributed by atoms with van der Waals surface area (Å²) in [7, 11) is 1.27. The van der Waals surface area contributed by atoms with Gasteiger partial charge >= 0.3 is 18.1 Å². The smallest absolute Gasteiger partial charge is 0.408 e. The summed E-state index contributed by atoms with van der Waals surface area (Å²) in [6.07, 6.45) is 2.85. The number of rotatable bonds is 11. The van der Waals surface area contributed by atoms with Crippen LogP contribution in [0.25, 0.3) is 0 Å². The van der Waals surface area contributed by atoms with Gasteiger partial charge in [-0.15, -0.1) is 0 Å². The van der Waals surface area contributed by atoms with Crippen LogP contribution in [0.2, 0.25) is 0 Å². The molecule has 0 aromatic rings. The van der Waals surface area contributed by atoms with E-state index in [1.165, 1.54) is 7.11 Å². The molecule has 1 rings (SSSR count). The molecule has 0 aromatic carbocycles. The van der Waals surface area contributed by atoms with Crippen LogP contribution >= 0.6 is 0 Å². The first-order chi connectivity index (χ1) is 13.0. The zero-order valence-electron chi connectivity index (χ0n) is 17.6. The zero-order chi connectivity index (χ0) is 21.2. The summed E-state index contributed by atoms with van der Waals surface area (Å²) in [4.78, 5) is 35.4. The third-order valence-corrected chi connectivity index (χ3v) is 4.07. The number of alkyl carbamates (subject to hydrolysis) is 1. The first-order valence-corrected chi connectivity index (χ1v) is 9.68. The first kappa shape index (κ1) is 24.0. The molecular weight excluding hydrogens is 366 g/mol. The minimum Gasteiger partial charge on any atom is -0.467 e. The van der Waals surface area contributed by atoms with Crippen molar-refractivity contribution in [3.63, 3.8) is 0 Å². The van der Waals surface area contributed by atoms with Crippen LogP contribution in [0.4, 0.5) is 9.59 Å². The van der Waals surface area contributed by atoms with Gasteiger partial charge in [0, 0.05) is 13.1 Å². The molecule has 0 saturated carbocycles. The lowest BCUT2D eigenvalue weighted by molar-refractivity contribution is -0.143. The van der Waals surface area contributed by atoms with Crippen molar-refractivity contribution in [2.45, 2.75) is 77.1 Å². The number of amides is 3. The molecule has 0 unspecified atom stereocenters. The Labute approximate surface area is 166 Å². The van der Waals surface area contributed by atoms with E-state index in [4.69, 9.17) is 9.47 Å². The molecule has 1 aliphatic heterocycles. The summed E-state index contributed by atoms with van der Waals surface area (Å²) in [5.74, 6) is -0.523. The largest absolute Gasteiger partial charge is 0.467 e. The molecule has 10 nitrogen and oxygen atoms in total. The predicted octanol–water partition coefficient (Wildman–Crippen LogP) is 1.13. The molecule has 0 spiro atoms. The average Bonchev–Trinajstić information content (AvgIpc) is 3.32. The van der Waals surface area contributed by atoms with Gasteiger partial charge in [-0.2, -0.15) is 0 Å². The summed E-state index contributed by atoms with van der Waals surface area (Å²) >= 11 is 0. The summed E-state index contributed by atoms with van der Waals surface area (Å²) < 4.78 is 9.89. The van der Waals surface area contributed by atoms with Crippen LogP contribution in [-0.2, 0) is 14.3 Å². The van der Waals surface area contributed by atoms with Crippen molar-refractivity contribution >= 4 is 18.1 Å². The summed E-state index contributed by atoms with van der Waals surface area (Å²) in [6, 6.07) is -0.988. The summed E-state index contributed by atoms with van der Waals surface area (Å²) in [6.45, 7) is 8.39. The Balaban J connectivity index is 2.16. The van der Waals surface area contributed by atoms with Crippen LogP contribution in [0.1, 0.15) is 59.8 Å². The van der Waals surface area contributed by atoms with Crippen molar-refractivity contribution in [3.05, 3.63) is 0 Å². The number of hydrazine groups is 1. The fourth-order valence-electron chi connectivity index (χ4n) is 2.45. The molecule has 10 heteroatoms. The molecule has 3 amide bonds. The van der Waals surface area contributed by atoms with Crippen molar-refractivity contribution in [2.75, 3.05) is 20.2 Å². The monoisotopic (exact) mass is 401 g/mol. The molecule has 1 atom stereocenters. The van der Waals surface area contributed by atoms with Gasteiger partial charge in [-0.1, -0.05) is 0 Å². The lowest BCUT2D eigenvalue weighted by Crippen LogP contribution is -2.44. The van der Waals surface area contributed by atoms with Crippen LogP contribution in [-0.4, -0.2) is 55.6 Å². The topological polar surface area (TPSA) is 150 Å². The van der Waals surface area contributed by atoms with E-state index >= 15 is 0 Å². The maximum Gasteiger partial charge on any atom is 0.408 e. The quantitative estimate of drug-likeness (QED) is 0.198. The highest BCUT2D eigenvalue weighted by Crippen LogP contribution is 2.15. The van der Waals surface area contributed by atoms with E-state index in [0.717, 1.165) is 12.8 Å². The summed E-state index contributed by atoms with van der Waals surface area (Å²) in [5.41, 5.74) is 5.46. The number of hydrogen-bond acceptors (Lipinski definition) is 7. The van der Waals surface area contributed by atoms with Gasteiger partial charge in [0.1, 0.15) is 11.6 Å². The Bertz CT molecular complexity index is 531. The fraction of sp³-hybridized carbons (Fsp3) is 0.833. The van der Waals surface area contributed by atoms with E-state index in [2.05, 4.69) is 33.7 Å². The molecule has 162 valence electrons. The Morgan fingerprint density at radius 3 is 2.18 bits per heavy atom. The number of unbranched alkanes of at least 4 members (excludes halogenated alkanes) is 1. The molecule has 1 fully saturated rings. The Morgan fingerprint density at radius 1 is 1.04 bits per heavy atom. The van der Waals surface area contributed by atoms with E-state index in [0.29, 0.717) is 32.4 Å². The average molecular weight is 402 g/mol. The van der Waals surface area contributed by atoms with Gasteiger partial charge in [0.15, 0.2) is 0 Å². The van der Waals surface area contributed by atoms with E-state index < -0.39 is 23.7 Å². The standard InChI is InChI=1S/C18H35N5O5/c1-17(2,3)28-16(26)21-13(14(24)27-5)9-6-7-11-19-15(25)20-12-8-10-18(4)22-23-18/h13,22-23H,6-12H2,1-5H3,(H,21,26)(H2,19,20,25)/t13-/m0/s1. The molecule has 0 bridgehead atoms. The second-order valence-electron chi connectivity index (χ2n) is 8.09. The molecule has 1 saturated heterocycles. The molecule has 28 heavy (non-hydrogen) atoms. The molecule has 0 radical (unpaired) electrons. The van der Waals surface area contributed by atoms with Crippen molar-refractivity contribution in [2.24, 2.45) is 0 Å². The van der Waals surface area contributed by atoms with Gasteiger partial charge in [-0.25, -0.2) is 25.2 Å². The van der Waals surface area contributed by atoms with Gasteiger partial charge in [-0.3, -0.25) is 0 Å². The Kier molecular flexibility index (Phi) is 9.47. The van der Waals surface area contributed by atoms with Crippen LogP contribution in [0.15, 0.2) is 0 Å². The van der Waals surface area contributed by atoms with Gasteiger partial charge < -0.3 is 25.4 Å². The van der Waals surface area contributed by atoms with E-state index in [9.17, 15) is 14.4 Å². The number of esters is 1. The SMILES string of the molecule is COC(=O)[C@H](CCCCNC(=O)NCCCC1(C)NN1)NC(=O)OC(C)(C)C. The second kappa shape index (κ2) is 11.1. The summed E-state index contributed by atoms with van der Waals surface area (Å²) in [5, 5.41) is 8.11. The van der Waals surface area contributed by atoms with Crippen molar-refractivity contribution < 1.29 is 23.9 Å². The minimum atomic E-state index is -0.778. The molecule has 0 aromatic heterocycles. The number of carbonyl (C=O) groups excluding carboxylic acids is 3. The third kappa shape index (κ3) is 10.9. The molecule has 5 N–H and O–H groups in total. The van der Waals surface area contributed by atoms with E-state index in [1.54, 1.807) is 20.8 Å². The highest BCUT2D eigenvalue weighted by atomic mass is 16.6. The molecule has 0 aliphatic carbocycles. The Morgan fingerprint density at radius 2 is 1.64 bits per heavy atom. The highest BCUT2D eigenvalue weighted by Gasteiger charge is 2.34. The highest BCUT2D eigenvalue weighted by molar-refractivity contribution is 5.81. The van der Waals surface area contributed by atoms with Gasteiger partial charge in [0.05, 0.1) is 12.8 Å². The van der Waals surface area contributed by atoms with Crippen molar-refractivity contribution in [3.8, 4) is 0 Å². The van der Waals surface area contributed by atoms with Crippen molar-refractivity contribution in [1.29, 1.82) is 0 Å².